The summed E-state index contributed by atoms with van der Waals surface area (Å²) in [6, 6.07) is 7.14. The number of likely N-dealkylation sites (N-methyl/N-ethyl adjacent to an activating group) is 1. The summed E-state index contributed by atoms with van der Waals surface area (Å²) in [6.45, 7) is 1.04. The van der Waals surface area contributed by atoms with E-state index in [4.69, 9.17) is 16.6 Å². The largest absolute Gasteiger partial charge is 0.310 e. The van der Waals surface area contributed by atoms with Crippen LogP contribution in [0.3, 0.4) is 0 Å². The first kappa shape index (κ1) is 18.8. The number of carbonyl (C=O) groups is 1. The Balaban J connectivity index is 1.37. The van der Waals surface area contributed by atoms with Crippen LogP contribution < -0.4 is 10.5 Å². The van der Waals surface area contributed by atoms with E-state index in [2.05, 4.69) is 4.98 Å². The van der Waals surface area contributed by atoms with Crippen LogP contribution in [0.5, 0.6) is 0 Å². The van der Waals surface area contributed by atoms with Crippen molar-refractivity contribution in [2.45, 2.75) is 38.3 Å². The second-order valence-corrected chi connectivity index (χ2v) is 9.20. The lowest BCUT2D eigenvalue weighted by atomic mass is 10.2. The summed E-state index contributed by atoms with van der Waals surface area (Å²) in [7, 11) is 1.90. The highest BCUT2D eigenvalue weighted by atomic mass is 35.5. The van der Waals surface area contributed by atoms with Crippen LogP contribution in [0.1, 0.15) is 29.1 Å². The third-order valence-corrected chi connectivity index (χ3v) is 7.38. The van der Waals surface area contributed by atoms with Gasteiger partial charge in [0, 0.05) is 11.4 Å². The van der Waals surface area contributed by atoms with E-state index < -0.39 is 0 Å². The third kappa shape index (κ3) is 3.17. The molecule has 1 atom stereocenters. The average Bonchev–Trinajstić information content (AvgIpc) is 3.36. The van der Waals surface area contributed by atoms with Crippen LogP contribution >= 0.6 is 22.9 Å². The van der Waals surface area contributed by atoms with Crippen molar-refractivity contribution in [2.24, 2.45) is 0 Å². The highest BCUT2D eigenvalue weighted by molar-refractivity contribution is 7.18. The summed E-state index contributed by atoms with van der Waals surface area (Å²) in [5, 5.41) is 1.34. The molecule has 0 spiro atoms. The van der Waals surface area contributed by atoms with E-state index in [1.807, 2.05) is 30.1 Å². The molecule has 3 aromatic rings. The van der Waals surface area contributed by atoms with Gasteiger partial charge in [-0.25, -0.2) is 4.98 Å². The van der Waals surface area contributed by atoms with Crippen LogP contribution in [0, 0.1) is 0 Å². The van der Waals surface area contributed by atoms with Crippen molar-refractivity contribution < 1.29 is 4.79 Å². The zero-order valence-electron chi connectivity index (χ0n) is 16.1. The Morgan fingerprint density at radius 2 is 2.14 bits per heavy atom. The number of nitrogens with zero attached hydrogens (tertiary/aromatic N) is 3. The molecule has 1 aromatic carbocycles. The molecule has 6 nitrogen and oxygen atoms in total. The van der Waals surface area contributed by atoms with Gasteiger partial charge in [-0.1, -0.05) is 23.7 Å². The van der Waals surface area contributed by atoms with E-state index >= 15 is 0 Å². The fourth-order valence-electron chi connectivity index (χ4n) is 4.45. The number of aromatic amines is 1. The molecule has 1 fully saturated rings. The van der Waals surface area contributed by atoms with Gasteiger partial charge >= 0.3 is 0 Å². The number of H-pyrrole nitrogens is 1. The number of hydrogen-bond donors (Lipinski definition) is 1. The molecule has 1 N–H and O–H groups in total. The Morgan fingerprint density at radius 1 is 1.31 bits per heavy atom. The number of carbonyl (C=O) groups excluding carboxylic acids is 1. The molecule has 0 bridgehead atoms. The Labute approximate surface area is 177 Å². The molecule has 8 heteroatoms. The zero-order chi connectivity index (χ0) is 20.1. The van der Waals surface area contributed by atoms with Crippen LogP contribution in [0.4, 0.5) is 5.69 Å². The predicted molar refractivity (Wildman–Crippen MR) is 116 cm³/mol. The van der Waals surface area contributed by atoms with Crippen LogP contribution in [-0.4, -0.2) is 40.4 Å². The SMILES string of the molecule is CN(Cc1nc2sc3c(c2c(=O)[nH]1)CCC3)C1CCN(c2ccccc2Cl)C1=O. The van der Waals surface area contributed by atoms with Gasteiger partial charge in [-0.05, 0) is 50.4 Å². The topological polar surface area (TPSA) is 69.3 Å². The number of aromatic nitrogens is 2. The number of amides is 1. The Kier molecular flexibility index (Phi) is 4.69. The molecular weight excluding hydrogens is 408 g/mol. The lowest BCUT2D eigenvalue weighted by Gasteiger charge is -2.23. The lowest BCUT2D eigenvalue weighted by Crippen LogP contribution is -2.40. The van der Waals surface area contributed by atoms with Gasteiger partial charge in [0.1, 0.15) is 10.7 Å². The van der Waals surface area contributed by atoms with Crippen molar-refractivity contribution in [3.8, 4) is 0 Å². The van der Waals surface area contributed by atoms with Gasteiger partial charge in [-0.3, -0.25) is 14.5 Å². The van der Waals surface area contributed by atoms with E-state index in [9.17, 15) is 9.59 Å². The molecule has 2 aliphatic rings. The fourth-order valence-corrected chi connectivity index (χ4v) is 5.97. The normalized spacial score (nSPS) is 18.9. The minimum absolute atomic E-state index is 0.0270. The van der Waals surface area contributed by atoms with Crippen molar-refractivity contribution in [2.75, 3.05) is 18.5 Å². The second kappa shape index (κ2) is 7.23. The summed E-state index contributed by atoms with van der Waals surface area (Å²) in [5.74, 6) is 0.632. The van der Waals surface area contributed by atoms with E-state index in [1.165, 1.54) is 10.4 Å². The molecular formula is C21H21ClN4O2S. The van der Waals surface area contributed by atoms with Gasteiger partial charge in [0.05, 0.1) is 28.7 Å². The monoisotopic (exact) mass is 428 g/mol. The molecule has 5 rings (SSSR count). The minimum atomic E-state index is -0.263. The molecule has 0 saturated carbocycles. The lowest BCUT2D eigenvalue weighted by molar-refractivity contribution is -0.121. The molecule has 1 amide bonds. The van der Waals surface area contributed by atoms with Gasteiger partial charge in [0.2, 0.25) is 5.91 Å². The van der Waals surface area contributed by atoms with Crippen molar-refractivity contribution in [3.05, 3.63) is 55.9 Å². The summed E-state index contributed by atoms with van der Waals surface area (Å²) in [5.41, 5.74) is 1.87. The van der Waals surface area contributed by atoms with E-state index in [0.717, 1.165) is 35.2 Å². The van der Waals surface area contributed by atoms with E-state index in [1.54, 1.807) is 22.3 Å². The number of rotatable bonds is 4. The Bertz CT molecular complexity index is 1170. The first-order valence-corrected chi connectivity index (χ1v) is 11.0. The van der Waals surface area contributed by atoms with Crippen LogP contribution in [-0.2, 0) is 24.2 Å². The molecule has 1 aliphatic heterocycles. The minimum Gasteiger partial charge on any atom is -0.310 e. The maximum absolute atomic E-state index is 13.0. The van der Waals surface area contributed by atoms with E-state index in [-0.39, 0.29) is 17.5 Å². The standard InChI is InChI=1S/C21H21ClN4O2S/c1-25(15-9-10-26(21(15)28)14-7-3-2-6-13(14)22)11-17-23-19(27)18-12-5-4-8-16(12)29-20(18)24-17/h2-3,6-7,15H,4-5,8-11H2,1H3,(H,23,24,27). The maximum atomic E-state index is 13.0. The summed E-state index contributed by atoms with van der Waals surface area (Å²) in [6.07, 6.45) is 3.83. The first-order valence-electron chi connectivity index (χ1n) is 9.82. The van der Waals surface area contributed by atoms with Gasteiger partial charge in [0.15, 0.2) is 0 Å². The molecule has 2 aromatic heterocycles. The van der Waals surface area contributed by atoms with Crippen LogP contribution in [0.25, 0.3) is 10.2 Å². The van der Waals surface area contributed by atoms with Crippen molar-refractivity contribution in [1.82, 2.24) is 14.9 Å². The van der Waals surface area contributed by atoms with Crippen molar-refractivity contribution >= 4 is 44.7 Å². The third-order valence-electron chi connectivity index (χ3n) is 5.88. The van der Waals surface area contributed by atoms with Gasteiger partial charge in [-0.15, -0.1) is 11.3 Å². The first-order chi connectivity index (χ1) is 14.0. The quantitative estimate of drug-likeness (QED) is 0.691. The molecule has 150 valence electrons. The molecule has 1 unspecified atom stereocenters. The summed E-state index contributed by atoms with van der Waals surface area (Å²) in [4.78, 5) is 39.1. The number of nitrogens with one attached hydrogen (secondary N) is 1. The van der Waals surface area contributed by atoms with Crippen LogP contribution in [0.15, 0.2) is 29.1 Å². The molecule has 3 heterocycles. The number of aryl methyl sites for hydroxylation is 2. The highest BCUT2D eigenvalue weighted by Crippen LogP contribution is 2.35. The number of thiophene rings is 1. The molecule has 1 aliphatic carbocycles. The number of halogens is 1. The molecule has 29 heavy (non-hydrogen) atoms. The Hall–Kier alpha value is -2.22. The molecule has 0 radical (unpaired) electrons. The zero-order valence-corrected chi connectivity index (χ0v) is 17.6. The van der Waals surface area contributed by atoms with Gasteiger partial charge < -0.3 is 9.88 Å². The second-order valence-electron chi connectivity index (χ2n) is 7.71. The Morgan fingerprint density at radius 3 is 2.97 bits per heavy atom. The van der Waals surface area contributed by atoms with Crippen LogP contribution in [0.2, 0.25) is 5.02 Å². The van der Waals surface area contributed by atoms with Gasteiger partial charge in [-0.2, -0.15) is 0 Å². The number of hydrogen-bond acceptors (Lipinski definition) is 5. The molecule has 1 saturated heterocycles. The highest BCUT2D eigenvalue weighted by Gasteiger charge is 2.36. The number of benzene rings is 1. The summed E-state index contributed by atoms with van der Waals surface area (Å²) >= 11 is 7.91. The van der Waals surface area contributed by atoms with Crippen molar-refractivity contribution in [3.63, 3.8) is 0 Å². The van der Waals surface area contributed by atoms with Crippen molar-refractivity contribution in [1.29, 1.82) is 0 Å². The maximum Gasteiger partial charge on any atom is 0.259 e. The fraction of sp³-hybridized carbons (Fsp3) is 0.381. The number of para-hydroxylation sites is 1. The summed E-state index contributed by atoms with van der Waals surface area (Å²) < 4.78 is 0. The van der Waals surface area contributed by atoms with E-state index in [0.29, 0.717) is 30.4 Å². The predicted octanol–water partition coefficient (Wildman–Crippen LogP) is 3.36. The number of anilines is 1. The average molecular weight is 429 g/mol. The number of fused-ring (bicyclic) bond motifs is 3. The smallest absolute Gasteiger partial charge is 0.259 e. The van der Waals surface area contributed by atoms with Gasteiger partial charge in [0.25, 0.3) is 5.56 Å².